The zero-order valence-electron chi connectivity index (χ0n) is 13.6. The number of thiophene rings is 1. The zero-order valence-corrected chi connectivity index (χ0v) is 15.2. The molecule has 1 aromatic carbocycles. The van der Waals surface area contributed by atoms with Crippen LogP contribution in [0.25, 0.3) is 10.7 Å². The predicted octanol–water partition coefficient (Wildman–Crippen LogP) is 3.30. The molecule has 0 aliphatic heterocycles. The van der Waals surface area contributed by atoms with Crippen LogP contribution < -0.4 is 20.1 Å². The molecule has 0 aliphatic rings. The van der Waals surface area contributed by atoms with Gasteiger partial charge < -0.3 is 24.6 Å². The Morgan fingerprint density at radius 3 is 2.80 bits per heavy atom. The number of hydrogen-bond donors (Lipinski definition) is 2. The van der Waals surface area contributed by atoms with Crippen molar-refractivity contribution in [2.75, 3.05) is 19.5 Å². The monoisotopic (exact) mass is 376 g/mol. The van der Waals surface area contributed by atoms with Crippen LogP contribution >= 0.6 is 23.6 Å². The van der Waals surface area contributed by atoms with E-state index in [0.29, 0.717) is 34.9 Å². The van der Waals surface area contributed by atoms with Gasteiger partial charge in [-0.05, 0) is 35.8 Å². The summed E-state index contributed by atoms with van der Waals surface area (Å²) in [6.07, 6.45) is 0. The molecule has 7 nitrogen and oxygen atoms in total. The average molecular weight is 376 g/mol. The Bertz CT molecular complexity index is 849. The number of rotatable bonds is 6. The molecule has 0 saturated carbocycles. The third kappa shape index (κ3) is 4.25. The van der Waals surface area contributed by atoms with Gasteiger partial charge in [-0.3, -0.25) is 0 Å². The lowest BCUT2D eigenvalue weighted by Crippen LogP contribution is -2.28. The van der Waals surface area contributed by atoms with Crippen molar-refractivity contribution in [2.45, 2.75) is 6.54 Å². The van der Waals surface area contributed by atoms with E-state index in [1.807, 2.05) is 23.6 Å². The summed E-state index contributed by atoms with van der Waals surface area (Å²) in [4.78, 5) is 5.29. The maximum atomic E-state index is 5.28. The highest BCUT2D eigenvalue weighted by Gasteiger charge is 2.10. The second-order valence-electron chi connectivity index (χ2n) is 4.87. The van der Waals surface area contributed by atoms with Gasteiger partial charge in [-0.2, -0.15) is 4.98 Å². The van der Waals surface area contributed by atoms with Gasteiger partial charge in [-0.1, -0.05) is 11.2 Å². The molecular formula is C16H16N4O3S2. The zero-order chi connectivity index (χ0) is 17.6. The van der Waals surface area contributed by atoms with Crippen molar-refractivity contribution in [2.24, 2.45) is 0 Å². The topological polar surface area (TPSA) is 81.4 Å². The second-order valence-corrected chi connectivity index (χ2v) is 6.22. The minimum Gasteiger partial charge on any atom is -0.493 e. The minimum absolute atomic E-state index is 0.331. The fraction of sp³-hybridized carbons (Fsp3) is 0.188. The molecule has 0 bridgehead atoms. The number of hydrogen-bond acceptors (Lipinski definition) is 7. The van der Waals surface area contributed by atoms with Gasteiger partial charge in [0.05, 0.1) is 25.6 Å². The molecule has 2 heterocycles. The van der Waals surface area contributed by atoms with Crippen LogP contribution in [-0.2, 0) is 6.54 Å². The Morgan fingerprint density at radius 2 is 2.08 bits per heavy atom. The van der Waals surface area contributed by atoms with Crippen LogP contribution in [0.4, 0.5) is 5.69 Å². The molecule has 0 unspecified atom stereocenters. The summed E-state index contributed by atoms with van der Waals surface area (Å²) in [5.74, 6) is 2.30. The lowest BCUT2D eigenvalue weighted by Gasteiger charge is -2.12. The molecule has 2 aromatic heterocycles. The molecule has 0 radical (unpaired) electrons. The maximum Gasteiger partial charge on any atom is 0.246 e. The number of anilines is 1. The van der Waals surface area contributed by atoms with Gasteiger partial charge in [0.1, 0.15) is 0 Å². The van der Waals surface area contributed by atoms with E-state index in [9.17, 15) is 0 Å². The van der Waals surface area contributed by atoms with E-state index >= 15 is 0 Å². The summed E-state index contributed by atoms with van der Waals surface area (Å²) < 4.78 is 15.7. The van der Waals surface area contributed by atoms with Gasteiger partial charge in [-0.25, -0.2) is 0 Å². The SMILES string of the molecule is COc1ccc(NC(=S)NCc2nc(-c3cccs3)no2)cc1OC. The van der Waals surface area contributed by atoms with Crippen molar-refractivity contribution in [1.29, 1.82) is 0 Å². The Balaban J connectivity index is 1.56. The van der Waals surface area contributed by atoms with Crippen LogP contribution in [0, 0.1) is 0 Å². The Kier molecular flexibility index (Phi) is 5.46. The van der Waals surface area contributed by atoms with Crippen LogP contribution in [0.5, 0.6) is 11.5 Å². The first-order chi connectivity index (χ1) is 12.2. The average Bonchev–Trinajstić information content (AvgIpc) is 3.31. The molecule has 0 fully saturated rings. The fourth-order valence-corrected chi connectivity index (χ4v) is 2.92. The lowest BCUT2D eigenvalue weighted by molar-refractivity contribution is 0.355. The van der Waals surface area contributed by atoms with Gasteiger partial charge in [0, 0.05) is 11.8 Å². The molecular weight excluding hydrogens is 360 g/mol. The number of nitrogens with zero attached hydrogens (tertiary/aromatic N) is 2. The van der Waals surface area contributed by atoms with E-state index in [1.165, 1.54) is 0 Å². The summed E-state index contributed by atoms with van der Waals surface area (Å²) in [6, 6.07) is 9.33. The van der Waals surface area contributed by atoms with Crippen molar-refractivity contribution in [1.82, 2.24) is 15.5 Å². The normalized spacial score (nSPS) is 10.3. The highest BCUT2D eigenvalue weighted by atomic mass is 32.1. The Morgan fingerprint density at radius 1 is 1.24 bits per heavy atom. The first-order valence-corrected chi connectivity index (χ1v) is 8.61. The van der Waals surface area contributed by atoms with E-state index < -0.39 is 0 Å². The molecule has 0 amide bonds. The van der Waals surface area contributed by atoms with Crippen molar-refractivity contribution < 1.29 is 14.0 Å². The van der Waals surface area contributed by atoms with Crippen molar-refractivity contribution in [3.8, 4) is 22.2 Å². The van der Waals surface area contributed by atoms with Gasteiger partial charge >= 0.3 is 0 Å². The first kappa shape index (κ1) is 17.2. The van der Waals surface area contributed by atoms with Gasteiger partial charge in [0.15, 0.2) is 16.6 Å². The number of nitrogens with one attached hydrogen (secondary N) is 2. The highest BCUT2D eigenvalue weighted by molar-refractivity contribution is 7.80. The summed E-state index contributed by atoms with van der Waals surface area (Å²) in [7, 11) is 3.17. The van der Waals surface area contributed by atoms with Crippen LogP contribution in [0.1, 0.15) is 5.89 Å². The number of aromatic nitrogens is 2. The highest BCUT2D eigenvalue weighted by Crippen LogP contribution is 2.29. The molecule has 3 aromatic rings. The third-order valence-electron chi connectivity index (χ3n) is 3.25. The van der Waals surface area contributed by atoms with Gasteiger partial charge in [0.25, 0.3) is 0 Å². The smallest absolute Gasteiger partial charge is 0.246 e. The molecule has 25 heavy (non-hydrogen) atoms. The fourth-order valence-electron chi connectivity index (χ4n) is 2.08. The molecule has 2 N–H and O–H groups in total. The van der Waals surface area contributed by atoms with Crippen LogP contribution in [-0.4, -0.2) is 29.5 Å². The largest absolute Gasteiger partial charge is 0.493 e. The Labute approximate surface area is 154 Å². The number of thiocarbonyl (C=S) groups is 1. The first-order valence-electron chi connectivity index (χ1n) is 7.33. The van der Waals surface area contributed by atoms with Crippen molar-refractivity contribution in [3.05, 3.63) is 41.6 Å². The standard InChI is InChI=1S/C16H16N4O3S2/c1-21-11-6-5-10(8-12(11)22-2)18-16(24)17-9-14-19-15(20-23-14)13-4-3-7-25-13/h3-8H,9H2,1-2H3,(H2,17,18,24). The quantitative estimate of drug-likeness (QED) is 0.634. The lowest BCUT2D eigenvalue weighted by atomic mass is 10.3. The van der Waals surface area contributed by atoms with Gasteiger partial charge in [0.2, 0.25) is 11.7 Å². The number of benzene rings is 1. The van der Waals surface area contributed by atoms with Crippen LogP contribution in [0.15, 0.2) is 40.2 Å². The molecule has 130 valence electrons. The maximum absolute atomic E-state index is 5.28. The summed E-state index contributed by atoms with van der Waals surface area (Å²) >= 11 is 6.84. The van der Waals surface area contributed by atoms with Crippen molar-refractivity contribution >= 4 is 34.4 Å². The van der Waals surface area contributed by atoms with Crippen molar-refractivity contribution in [3.63, 3.8) is 0 Å². The van der Waals surface area contributed by atoms with E-state index in [2.05, 4.69) is 20.8 Å². The molecule has 0 saturated heterocycles. The van der Waals surface area contributed by atoms with Crippen LogP contribution in [0.2, 0.25) is 0 Å². The predicted molar refractivity (Wildman–Crippen MR) is 100 cm³/mol. The van der Waals surface area contributed by atoms with E-state index in [4.69, 9.17) is 26.2 Å². The Hall–Kier alpha value is -2.65. The summed E-state index contributed by atoms with van der Waals surface area (Å²) in [5, 5.41) is 12.4. The molecule has 9 heteroatoms. The summed E-state index contributed by atoms with van der Waals surface area (Å²) in [5.41, 5.74) is 0.778. The molecule has 0 atom stereocenters. The number of methoxy groups -OCH3 is 2. The minimum atomic E-state index is 0.331. The van der Waals surface area contributed by atoms with E-state index in [1.54, 1.807) is 37.7 Å². The molecule has 0 spiro atoms. The number of ether oxygens (including phenoxy) is 2. The second kappa shape index (κ2) is 7.95. The van der Waals surface area contributed by atoms with Crippen LogP contribution in [0.3, 0.4) is 0 Å². The van der Waals surface area contributed by atoms with Gasteiger partial charge in [-0.15, -0.1) is 11.3 Å². The molecule has 0 aliphatic carbocycles. The summed E-state index contributed by atoms with van der Waals surface area (Å²) in [6.45, 7) is 0.331. The molecule has 3 rings (SSSR count). The van der Waals surface area contributed by atoms with E-state index in [-0.39, 0.29) is 0 Å². The van der Waals surface area contributed by atoms with E-state index in [0.717, 1.165) is 10.6 Å². The third-order valence-corrected chi connectivity index (χ3v) is 4.36.